The number of carbonyl (C=O) groups is 1. The molecule has 0 saturated heterocycles. The van der Waals surface area contributed by atoms with Crippen molar-refractivity contribution in [2.75, 3.05) is 13.2 Å². The Kier molecular flexibility index (Phi) is 4.29. The minimum atomic E-state index is -0.767. The van der Waals surface area contributed by atoms with Gasteiger partial charge in [-0.3, -0.25) is 9.69 Å². The second-order valence-electron chi connectivity index (χ2n) is 5.81. The van der Waals surface area contributed by atoms with Gasteiger partial charge in [-0.2, -0.15) is 0 Å². The standard InChI is InChI=1S/C18H21NO3/c1-13(18(20)21)19(15-9-10-15)11-12-22-17-8-4-6-14-5-2-3-7-16(14)17/h2-8,13,15H,9-12H2,1H3,(H,20,21). The highest BCUT2D eigenvalue weighted by atomic mass is 16.5. The maximum Gasteiger partial charge on any atom is 0.320 e. The predicted octanol–water partition coefficient (Wildman–Crippen LogP) is 3.16. The van der Waals surface area contributed by atoms with E-state index in [1.54, 1.807) is 6.92 Å². The molecule has 0 bridgehead atoms. The molecule has 22 heavy (non-hydrogen) atoms. The molecule has 0 aliphatic heterocycles. The van der Waals surface area contributed by atoms with Gasteiger partial charge in [0.15, 0.2) is 0 Å². The molecule has 0 radical (unpaired) electrons. The Bertz CT molecular complexity index is 661. The number of fused-ring (bicyclic) bond motifs is 1. The molecule has 0 heterocycles. The van der Waals surface area contributed by atoms with Gasteiger partial charge in [-0.15, -0.1) is 0 Å². The van der Waals surface area contributed by atoms with Crippen molar-refractivity contribution in [3.8, 4) is 5.75 Å². The van der Waals surface area contributed by atoms with Crippen LogP contribution >= 0.6 is 0 Å². The fourth-order valence-electron chi connectivity index (χ4n) is 2.82. The summed E-state index contributed by atoms with van der Waals surface area (Å²) >= 11 is 0. The van der Waals surface area contributed by atoms with Gasteiger partial charge in [-0.1, -0.05) is 36.4 Å². The number of nitrogens with zero attached hydrogens (tertiary/aromatic N) is 1. The molecule has 1 aliphatic rings. The van der Waals surface area contributed by atoms with E-state index < -0.39 is 12.0 Å². The fraction of sp³-hybridized carbons (Fsp3) is 0.389. The zero-order chi connectivity index (χ0) is 15.5. The first-order chi connectivity index (χ1) is 10.7. The largest absolute Gasteiger partial charge is 0.492 e. The minimum Gasteiger partial charge on any atom is -0.492 e. The Morgan fingerprint density at radius 3 is 2.73 bits per heavy atom. The summed E-state index contributed by atoms with van der Waals surface area (Å²) < 4.78 is 5.92. The van der Waals surface area contributed by atoms with E-state index in [9.17, 15) is 9.90 Å². The Balaban J connectivity index is 1.65. The molecule has 4 nitrogen and oxygen atoms in total. The van der Waals surface area contributed by atoms with Gasteiger partial charge in [0.1, 0.15) is 18.4 Å². The number of hydrogen-bond donors (Lipinski definition) is 1. The Morgan fingerprint density at radius 1 is 1.27 bits per heavy atom. The van der Waals surface area contributed by atoms with E-state index in [4.69, 9.17) is 4.74 Å². The molecule has 0 aromatic heterocycles. The summed E-state index contributed by atoms with van der Waals surface area (Å²) in [7, 11) is 0. The van der Waals surface area contributed by atoms with E-state index in [0.29, 0.717) is 19.2 Å². The highest BCUT2D eigenvalue weighted by Crippen LogP contribution is 2.29. The highest BCUT2D eigenvalue weighted by Gasteiger charge is 2.34. The molecular formula is C18H21NO3. The summed E-state index contributed by atoms with van der Waals surface area (Å²) in [5.41, 5.74) is 0. The van der Waals surface area contributed by atoms with Crippen LogP contribution in [0.1, 0.15) is 19.8 Å². The molecule has 0 spiro atoms. The molecule has 4 heteroatoms. The maximum atomic E-state index is 11.2. The quantitative estimate of drug-likeness (QED) is 0.853. The van der Waals surface area contributed by atoms with Crippen molar-refractivity contribution in [2.24, 2.45) is 0 Å². The van der Waals surface area contributed by atoms with Crippen molar-refractivity contribution in [1.29, 1.82) is 0 Å². The molecule has 116 valence electrons. The Morgan fingerprint density at radius 2 is 2.00 bits per heavy atom. The Hall–Kier alpha value is -2.07. The molecule has 1 aliphatic carbocycles. The van der Waals surface area contributed by atoms with Gasteiger partial charge in [0.25, 0.3) is 0 Å². The minimum absolute atomic E-state index is 0.405. The van der Waals surface area contributed by atoms with Crippen LogP contribution < -0.4 is 4.74 Å². The lowest BCUT2D eigenvalue weighted by Crippen LogP contribution is -2.42. The highest BCUT2D eigenvalue weighted by molar-refractivity contribution is 5.88. The lowest BCUT2D eigenvalue weighted by Gasteiger charge is -2.26. The first-order valence-corrected chi connectivity index (χ1v) is 7.76. The van der Waals surface area contributed by atoms with Crippen LogP contribution in [0.5, 0.6) is 5.75 Å². The number of aliphatic carboxylic acids is 1. The van der Waals surface area contributed by atoms with E-state index in [1.807, 2.05) is 35.2 Å². The van der Waals surface area contributed by atoms with Gasteiger partial charge in [0, 0.05) is 18.0 Å². The van der Waals surface area contributed by atoms with E-state index in [1.165, 1.54) is 0 Å². The third kappa shape index (κ3) is 3.22. The van der Waals surface area contributed by atoms with Crippen LogP contribution in [0.15, 0.2) is 42.5 Å². The summed E-state index contributed by atoms with van der Waals surface area (Å²) in [6, 6.07) is 14.1. The normalized spacial score (nSPS) is 15.9. The third-order valence-corrected chi connectivity index (χ3v) is 4.23. The van der Waals surface area contributed by atoms with Crippen LogP contribution in [0.25, 0.3) is 10.8 Å². The average Bonchev–Trinajstić information content (AvgIpc) is 3.35. The summed E-state index contributed by atoms with van der Waals surface area (Å²) in [6.45, 7) is 2.89. The summed E-state index contributed by atoms with van der Waals surface area (Å²) in [5, 5.41) is 11.4. The molecule has 3 rings (SSSR count). The van der Waals surface area contributed by atoms with Crippen LogP contribution in [0.2, 0.25) is 0 Å². The second-order valence-corrected chi connectivity index (χ2v) is 5.81. The van der Waals surface area contributed by atoms with Crippen molar-refractivity contribution in [3.63, 3.8) is 0 Å². The van der Waals surface area contributed by atoms with Crippen molar-refractivity contribution in [1.82, 2.24) is 4.90 Å². The summed E-state index contributed by atoms with van der Waals surface area (Å²) in [6.07, 6.45) is 2.18. The second kappa shape index (κ2) is 6.36. The molecule has 1 fully saturated rings. The lowest BCUT2D eigenvalue weighted by molar-refractivity contribution is -0.143. The molecule has 1 N–H and O–H groups in total. The molecular weight excluding hydrogens is 278 g/mol. The van der Waals surface area contributed by atoms with E-state index in [-0.39, 0.29) is 0 Å². The van der Waals surface area contributed by atoms with Gasteiger partial charge in [0.05, 0.1) is 0 Å². The smallest absolute Gasteiger partial charge is 0.320 e. The van der Waals surface area contributed by atoms with Gasteiger partial charge >= 0.3 is 5.97 Å². The van der Waals surface area contributed by atoms with Crippen molar-refractivity contribution >= 4 is 16.7 Å². The van der Waals surface area contributed by atoms with Gasteiger partial charge in [-0.05, 0) is 31.2 Å². The molecule has 0 amide bonds. The maximum absolute atomic E-state index is 11.2. The average molecular weight is 299 g/mol. The topological polar surface area (TPSA) is 49.8 Å². The SMILES string of the molecule is CC(C(=O)O)N(CCOc1cccc2ccccc12)C1CC1. The monoisotopic (exact) mass is 299 g/mol. The third-order valence-electron chi connectivity index (χ3n) is 4.23. The predicted molar refractivity (Wildman–Crippen MR) is 86.3 cm³/mol. The summed E-state index contributed by atoms with van der Waals surface area (Å²) in [5.74, 6) is 0.0916. The number of rotatable bonds is 7. The van der Waals surface area contributed by atoms with E-state index >= 15 is 0 Å². The van der Waals surface area contributed by atoms with Gasteiger partial charge < -0.3 is 9.84 Å². The van der Waals surface area contributed by atoms with Crippen LogP contribution in [-0.2, 0) is 4.79 Å². The first-order valence-electron chi connectivity index (χ1n) is 7.76. The summed E-state index contributed by atoms with van der Waals surface area (Å²) in [4.78, 5) is 13.2. The van der Waals surface area contributed by atoms with E-state index in [0.717, 1.165) is 29.4 Å². The van der Waals surface area contributed by atoms with E-state index in [2.05, 4.69) is 12.1 Å². The van der Waals surface area contributed by atoms with Crippen molar-refractivity contribution in [2.45, 2.75) is 31.8 Å². The number of hydrogen-bond acceptors (Lipinski definition) is 3. The molecule has 1 unspecified atom stereocenters. The molecule has 2 aromatic rings. The van der Waals surface area contributed by atoms with Crippen LogP contribution in [0, 0.1) is 0 Å². The van der Waals surface area contributed by atoms with Crippen LogP contribution in [0.4, 0.5) is 0 Å². The van der Waals surface area contributed by atoms with Crippen molar-refractivity contribution in [3.05, 3.63) is 42.5 Å². The van der Waals surface area contributed by atoms with Gasteiger partial charge in [0.2, 0.25) is 0 Å². The molecule has 2 aromatic carbocycles. The van der Waals surface area contributed by atoms with Gasteiger partial charge in [-0.25, -0.2) is 0 Å². The van der Waals surface area contributed by atoms with Crippen LogP contribution in [0.3, 0.4) is 0 Å². The zero-order valence-corrected chi connectivity index (χ0v) is 12.7. The number of carboxylic acid groups (broad SMARTS) is 1. The number of ether oxygens (including phenoxy) is 1. The Labute approximate surface area is 130 Å². The fourth-order valence-corrected chi connectivity index (χ4v) is 2.82. The zero-order valence-electron chi connectivity index (χ0n) is 12.7. The lowest BCUT2D eigenvalue weighted by atomic mass is 10.1. The number of benzene rings is 2. The first kappa shape index (κ1) is 14.9. The number of carboxylic acids is 1. The van der Waals surface area contributed by atoms with Crippen molar-refractivity contribution < 1.29 is 14.6 Å². The van der Waals surface area contributed by atoms with Crippen LogP contribution in [-0.4, -0.2) is 41.2 Å². The molecule has 1 saturated carbocycles. The molecule has 1 atom stereocenters.